The molecule has 166 valence electrons. The number of hydrogen-bond donors (Lipinski definition) is 1. The Balaban J connectivity index is 1.66. The fourth-order valence-corrected chi connectivity index (χ4v) is 5.96. The zero-order valence-corrected chi connectivity index (χ0v) is 20.1. The summed E-state index contributed by atoms with van der Waals surface area (Å²) in [5, 5.41) is 3.85. The molecule has 1 aliphatic heterocycles. The molecule has 1 aromatic carbocycles. The molecule has 0 spiro atoms. The molecule has 0 aromatic heterocycles. The van der Waals surface area contributed by atoms with Gasteiger partial charge in [-0.1, -0.05) is 63.3 Å². The Morgan fingerprint density at radius 2 is 1.70 bits per heavy atom. The van der Waals surface area contributed by atoms with Crippen molar-refractivity contribution in [2.24, 2.45) is 16.2 Å². The second kappa shape index (κ2) is 8.54. The second-order valence-electron chi connectivity index (χ2n) is 11.4. The third-order valence-corrected chi connectivity index (χ3v) is 8.45. The summed E-state index contributed by atoms with van der Waals surface area (Å²) in [6, 6.07) is 10.6. The minimum atomic E-state index is -0.169. The molecule has 30 heavy (non-hydrogen) atoms. The first-order valence-electron chi connectivity index (χ1n) is 11.7. The van der Waals surface area contributed by atoms with Gasteiger partial charge >= 0.3 is 0 Å². The van der Waals surface area contributed by atoms with Gasteiger partial charge < -0.3 is 10.1 Å². The molecule has 2 heteroatoms. The lowest BCUT2D eigenvalue weighted by molar-refractivity contribution is -0.0986. The van der Waals surface area contributed by atoms with Crippen LogP contribution in [0.25, 0.3) is 0 Å². The van der Waals surface area contributed by atoms with Crippen LogP contribution < -0.4 is 5.32 Å². The molecule has 2 aliphatic rings. The molecule has 1 aliphatic carbocycles. The number of allylic oxidation sites excluding steroid dienone is 1. The van der Waals surface area contributed by atoms with Crippen molar-refractivity contribution in [2.75, 3.05) is 13.2 Å². The molecule has 1 aromatic rings. The maximum Gasteiger partial charge on any atom is 0.109 e. The van der Waals surface area contributed by atoms with Gasteiger partial charge in [-0.25, -0.2) is 0 Å². The molecule has 0 unspecified atom stereocenters. The molecule has 0 radical (unpaired) electrons. The van der Waals surface area contributed by atoms with Gasteiger partial charge in [0, 0.05) is 13.0 Å². The van der Waals surface area contributed by atoms with Crippen LogP contribution in [0.4, 0.5) is 0 Å². The summed E-state index contributed by atoms with van der Waals surface area (Å²) in [6.07, 6.45) is 8.30. The van der Waals surface area contributed by atoms with Crippen molar-refractivity contribution in [1.29, 1.82) is 0 Å². The van der Waals surface area contributed by atoms with E-state index in [-0.39, 0.29) is 11.0 Å². The van der Waals surface area contributed by atoms with Crippen molar-refractivity contribution in [3.63, 3.8) is 0 Å². The van der Waals surface area contributed by atoms with Crippen LogP contribution in [-0.4, -0.2) is 18.7 Å². The van der Waals surface area contributed by atoms with E-state index in [2.05, 4.69) is 83.4 Å². The van der Waals surface area contributed by atoms with E-state index < -0.39 is 0 Å². The SMILES string of the molecule is C=C(C)CC[C@@]1(C)CC[C@@]2(C)CN[C@](C)(C(=C)OCCc3ccccc3)C[C@@]2(C)C1. The van der Waals surface area contributed by atoms with E-state index in [1.807, 2.05) is 0 Å². The normalized spacial score (nSPS) is 36.0. The third kappa shape index (κ3) is 4.85. The Labute approximate surface area is 185 Å². The average Bonchev–Trinajstić information content (AvgIpc) is 2.69. The lowest BCUT2D eigenvalue weighted by Crippen LogP contribution is -2.64. The Kier molecular flexibility index (Phi) is 6.58. The molecule has 1 N–H and O–H groups in total. The van der Waals surface area contributed by atoms with Crippen LogP contribution >= 0.6 is 0 Å². The minimum absolute atomic E-state index is 0.169. The number of piperidine rings is 1. The summed E-state index contributed by atoms with van der Waals surface area (Å²) in [7, 11) is 0. The molecule has 1 saturated carbocycles. The molecule has 3 rings (SSSR count). The summed E-state index contributed by atoms with van der Waals surface area (Å²) < 4.78 is 6.21. The zero-order chi connectivity index (χ0) is 22.0. The summed E-state index contributed by atoms with van der Waals surface area (Å²) in [4.78, 5) is 0. The maximum absolute atomic E-state index is 6.21. The van der Waals surface area contributed by atoms with E-state index in [1.54, 1.807) is 0 Å². The van der Waals surface area contributed by atoms with Gasteiger partial charge in [0.15, 0.2) is 0 Å². The molecule has 4 atom stereocenters. The number of fused-ring (bicyclic) bond motifs is 1. The van der Waals surface area contributed by atoms with Gasteiger partial charge in [-0.15, -0.1) is 6.58 Å². The number of benzene rings is 1. The lowest BCUT2D eigenvalue weighted by Gasteiger charge is -2.62. The van der Waals surface area contributed by atoms with Gasteiger partial charge in [0.1, 0.15) is 5.76 Å². The van der Waals surface area contributed by atoms with Crippen LogP contribution in [0.1, 0.15) is 78.7 Å². The van der Waals surface area contributed by atoms with Crippen molar-refractivity contribution in [3.8, 4) is 0 Å². The van der Waals surface area contributed by atoms with Crippen LogP contribution in [-0.2, 0) is 11.2 Å². The van der Waals surface area contributed by atoms with Gasteiger partial charge in [-0.05, 0) is 74.2 Å². The van der Waals surface area contributed by atoms with Crippen molar-refractivity contribution in [3.05, 3.63) is 60.4 Å². The standard InChI is InChI=1S/C28H43NO/c1-22(2)13-15-25(4)16-17-26(5)21-29-28(7,20-27(26,6)19-25)23(3)30-18-14-24-11-9-8-10-12-24/h8-12,29H,1,3,13-21H2,2,4-7H3/t25-,26-,27+,28-/m0/s1. The number of rotatable bonds is 8. The van der Waals surface area contributed by atoms with Crippen LogP contribution in [0.5, 0.6) is 0 Å². The summed E-state index contributed by atoms with van der Waals surface area (Å²) in [5.74, 6) is 0.899. The largest absolute Gasteiger partial charge is 0.496 e. The Morgan fingerprint density at radius 3 is 2.37 bits per heavy atom. The van der Waals surface area contributed by atoms with Gasteiger partial charge in [-0.2, -0.15) is 0 Å². The van der Waals surface area contributed by atoms with Crippen LogP contribution in [0, 0.1) is 16.2 Å². The van der Waals surface area contributed by atoms with E-state index >= 15 is 0 Å². The highest BCUT2D eigenvalue weighted by Crippen LogP contribution is 2.62. The van der Waals surface area contributed by atoms with Crippen LogP contribution in [0.2, 0.25) is 0 Å². The van der Waals surface area contributed by atoms with Gasteiger partial charge in [0.25, 0.3) is 0 Å². The van der Waals surface area contributed by atoms with Crippen LogP contribution in [0.3, 0.4) is 0 Å². The van der Waals surface area contributed by atoms with Crippen molar-refractivity contribution in [1.82, 2.24) is 5.32 Å². The molecule has 1 heterocycles. The van der Waals surface area contributed by atoms with Crippen molar-refractivity contribution >= 4 is 0 Å². The highest BCUT2D eigenvalue weighted by Gasteiger charge is 2.57. The first kappa shape index (κ1) is 23.1. The Morgan fingerprint density at radius 1 is 1.00 bits per heavy atom. The predicted octanol–water partition coefficient (Wildman–Crippen LogP) is 7.07. The minimum Gasteiger partial charge on any atom is -0.496 e. The summed E-state index contributed by atoms with van der Waals surface area (Å²) in [6.45, 7) is 22.2. The molecule has 0 bridgehead atoms. The zero-order valence-electron chi connectivity index (χ0n) is 20.1. The molecular formula is C28H43NO. The lowest BCUT2D eigenvalue weighted by atomic mass is 9.46. The topological polar surface area (TPSA) is 21.3 Å². The van der Waals surface area contributed by atoms with Gasteiger partial charge in [0.2, 0.25) is 0 Å². The van der Waals surface area contributed by atoms with Crippen molar-refractivity contribution < 1.29 is 4.74 Å². The first-order valence-corrected chi connectivity index (χ1v) is 11.7. The quantitative estimate of drug-likeness (QED) is 0.366. The van der Waals surface area contributed by atoms with Gasteiger partial charge in [-0.3, -0.25) is 0 Å². The van der Waals surface area contributed by atoms with E-state index in [9.17, 15) is 0 Å². The first-order chi connectivity index (χ1) is 14.0. The number of hydrogen-bond acceptors (Lipinski definition) is 2. The maximum atomic E-state index is 6.21. The van der Waals surface area contributed by atoms with Gasteiger partial charge in [0.05, 0.1) is 12.1 Å². The average molecular weight is 410 g/mol. The van der Waals surface area contributed by atoms with E-state index in [1.165, 1.54) is 36.8 Å². The molecule has 0 amide bonds. The smallest absolute Gasteiger partial charge is 0.109 e. The monoisotopic (exact) mass is 409 g/mol. The third-order valence-electron chi connectivity index (χ3n) is 8.45. The van der Waals surface area contributed by atoms with E-state index in [0.29, 0.717) is 17.4 Å². The molecule has 2 fully saturated rings. The molecule has 1 saturated heterocycles. The van der Waals surface area contributed by atoms with E-state index in [4.69, 9.17) is 4.74 Å². The Bertz CT molecular complexity index is 770. The highest BCUT2D eigenvalue weighted by atomic mass is 16.5. The fourth-order valence-electron chi connectivity index (χ4n) is 5.96. The fraction of sp³-hybridized carbons (Fsp3) is 0.643. The summed E-state index contributed by atoms with van der Waals surface area (Å²) in [5.41, 5.74) is 3.47. The van der Waals surface area contributed by atoms with E-state index in [0.717, 1.165) is 31.6 Å². The number of nitrogens with one attached hydrogen (secondary N) is 1. The van der Waals surface area contributed by atoms with Crippen LogP contribution in [0.15, 0.2) is 54.8 Å². The number of ether oxygens (including phenoxy) is 1. The molecule has 2 nitrogen and oxygen atoms in total. The van der Waals surface area contributed by atoms with Crippen molar-refractivity contribution in [2.45, 2.75) is 85.1 Å². The predicted molar refractivity (Wildman–Crippen MR) is 128 cm³/mol. The highest BCUT2D eigenvalue weighted by molar-refractivity contribution is 5.19. The molecular weight excluding hydrogens is 366 g/mol. The second-order valence-corrected chi connectivity index (χ2v) is 11.4. The summed E-state index contributed by atoms with van der Waals surface area (Å²) >= 11 is 0. The Hall–Kier alpha value is -1.54.